The minimum atomic E-state index is -0.134. The van der Waals surface area contributed by atoms with Gasteiger partial charge in [0.25, 0.3) is 0 Å². The minimum absolute atomic E-state index is 0.134. The van der Waals surface area contributed by atoms with Crippen LogP contribution in [0.25, 0.3) is 0 Å². The zero-order valence-electron chi connectivity index (χ0n) is 10.0. The lowest BCUT2D eigenvalue weighted by molar-refractivity contribution is 0.115. The van der Waals surface area contributed by atoms with E-state index in [0.717, 1.165) is 23.2 Å². The van der Waals surface area contributed by atoms with Gasteiger partial charge in [0.1, 0.15) is 0 Å². The molecule has 0 aliphatic heterocycles. The van der Waals surface area contributed by atoms with Crippen molar-refractivity contribution in [3.05, 3.63) is 34.3 Å². The molecule has 0 aromatic heterocycles. The van der Waals surface area contributed by atoms with Crippen LogP contribution in [0.3, 0.4) is 0 Å². The summed E-state index contributed by atoms with van der Waals surface area (Å²) in [5.41, 5.74) is 7.03. The zero-order valence-corrected chi connectivity index (χ0v) is 11.6. The number of hydrogen-bond donors (Lipinski definition) is 2. The van der Waals surface area contributed by atoms with Crippen LogP contribution in [0.15, 0.2) is 28.7 Å². The predicted octanol–water partition coefficient (Wildman–Crippen LogP) is 2.73. The molecule has 2 rings (SSSR count). The Hall–Kier alpha value is -0.380. The van der Waals surface area contributed by atoms with Crippen molar-refractivity contribution in [3.8, 4) is 0 Å². The van der Waals surface area contributed by atoms with E-state index in [4.69, 9.17) is 5.73 Å². The molecular weight excluding hydrogens is 278 g/mol. The molecule has 1 aromatic rings. The SMILES string of the molecule is NCC(CO)(Cc1ccccc1Br)CC1CC1. The fraction of sp³-hybridized carbons (Fsp3) is 0.571. The van der Waals surface area contributed by atoms with E-state index in [1.54, 1.807) is 0 Å². The number of hydrogen-bond acceptors (Lipinski definition) is 2. The third-order valence-electron chi connectivity index (χ3n) is 3.71. The molecule has 0 heterocycles. The van der Waals surface area contributed by atoms with Gasteiger partial charge in [-0.05, 0) is 30.4 Å². The Morgan fingerprint density at radius 2 is 2.06 bits per heavy atom. The van der Waals surface area contributed by atoms with Crippen molar-refractivity contribution in [2.24, 2.45) is 17.1 Å². The fourth-order valence-electron chi connectivity index (χ4n) is 2.39. The van der Waals surface area contributed by atoms with Crippen LogP contribution in [0.2, 0.25) is 0 Å². The zero-order chi connectivity index (χ0) is 12.3. The van der Waals surface area contributed by atoms with Crippen LogP contribution in [0.5, 0.6) is 0 Å². The van der Waals surface area contributed by atoms with Crippen molar-refractivity contribution < 1.29 is 5.11 Å². The molecule has 0 radical (unpaired) electrons. The lowest BCUT2D eigenvalue weighted by Gasteiger charge is -2.31. The minimum Gasteiger partial charge on any atom is -0.396 e. The van der Waals surface area contributed by atoms with Gasteiger partial charge in [-0.2, -0.15) is 0 Å². The molecule has 1 aliphatic carbocycles. The standard InChI is InChI=1S/C14H20BrNO/c15-13-4-2-1-3-12(13)8-14(9-16,10-17)7-11-5-6-11/h1-4,11,17H,5-10,16H2. The first-order chi connectivity index (χ1) is 8.19. The molecule has 0 bridgehead atoms. The molecule has 0 spiro atoms. The first-order valence-corrected chi connectivity index (χ1v) is 7.03. The molecule has 17 heavy (non-hydrogen) atoms. The van der Waals surface area contributed by atoms with Crippen molar-refractivity contribution in [1.82, 2.24) is 0 Å². The van der Waals surface area contributed by atoms with E-state index in [1.165, 1.54) is 18.4 Å². The largest absolute Gasteiger partial charge is 0.396 e. The summed E-state index contributed by atoms with van der Waals surface area (Å²) in [6.07, 6.45) is 4.52. The molecule has 2 nitrogen and oxygen atoms in total. The molecule has 1 atom stereocenters. The average molecular weight is 298 g/mol. The predicted molar refractivity (Wildman–Crippen MR) is 73.8 cm³/mol. The van der Waals surface area contributed by atoms with Crippen LogP contribution in [0, 0.1) is 11.3 Å². The molecule has 94 valence electrons. The van der Waals surface area contributed by atoms with Gasteiger partial charge in [-0.15, -0.1) is 0 Å². The van der Waals surface area contributed by atoms with Crippen molar-refractivity contribution in [3.63, 3.8) is 0 Å². The summed E-state index contributed by atoms with van der Waals surface area (Å²) in [7, 11) is 0. The van der Waals surface area contributed by atoms with Crippen molar-refractivity contribution in [2.45, 2.75) is 25.7 Å². The van der Waals surface area contributed by atoms with Crippen LogP contribution in [0.4, 0.5) is 0 Å². The van der Waals surface area contributed by atoms with Gasteiger partial charge in [-0.25, -0.2) is 0 Å². The highest BCUT2D eigenvalue weighted by Crippen LogP contribution is 2.42. The van der Waals surface area contributed by atoms with Crippen LogP contribution in [0.1, 0.15) is 24.8 Å². The molecule has 0 amide bonds. The third-order valence-corrected chi connectivity index (χ3v) is 4.48. The Balaban J connectivity index is 2.13. The van der Waals surface area contributed by atoms with Gasteiger partial charge in [-0.3, -0.25) is 0 Å². The molecule has 3 heteroatoms. The molecule has 0 saturated heterocycles. The van der Waals surface area contributed by atoms with Crippen molar-refractivity contribution in [1.29, 1.82) is 0 Å². The summed E-state index contributed by atoms with van der Waals surface area (Å²) < 4.78 is 1.11. The van der Waals surface area contributed by atoms with E-state index in [2.05, 4.69) is 22.0 Å². The Morgan fingerprint density at radius 3 is 2.59 bits per heavy atom. The highest BCUT2D eigenvalue weighted by Gasteiger charge is 2.36. The Labute approximate surface area is 111 Å². The van der Waals surface area contributed by atoms with Gasteiger partial charge in [0.15, 0.2) is 0 Å². The van der Waals surface area contributed by atoms with Gasteiger partial charge < -0.3 is 10.8 Å². The number of benzene rings is 1. The first kappa shape index (κ1) is 13.1. The highest BCUT2D eigenvalue weighted by molar-refractivity contribution is 9.10. The van der Waals surface area contributed by atoms with E-state index in [9.17, 15) is 5.11 Å². The molecule has 1 unspecified atom stereocenters. The van der Waals surface area contributed by atoms with Gasteiger partial charge >= 0.3 is 0 Å². The smallest absolute Gasteiger partial charge is 0.0502 e. The second-order valence-corrected chi connectivity index (χ2v) is 6.13. The molecule has 3 N–H and O–H groups in total. The average Bonchev–Trinajstić information content (AvgIpc) is 3.15. The monoisotopic (exact) mass is 297 g/mol. The molecule has 1 fully saturated rings. The Bertz CT molecular complexity index is 372. The van der Waals surface area contributed by atoms with Crippen molar-refractivity contribution in [2.75, 3.05) is 13.2 Å². The molecule has 1 aromatic carbocycles. The van der Waals surface area contributed by atoms with E-state index in [0.29, 0.717) is 6.54 Å². The summed E-state index contributed by atoms with van der Waals surface area (Å²) in [4.78, 5) is 0. The Kier molecular flexibility index (Phi) is 4.23. The maximum Gasteiger partial charge on any atom is 0.0502 e. The summed E-state index contributed by atoms with van der Waals surface area (Å²) in [5, 5.41) is 9.71. The molecule has 1 saturated carbocycles. The summed E-state index contributed by atoms with van der Waals surface area (Å²) in [6.45, 7) is 0.739. The van der Waals surface area contributed by atoms with Crippen LogP contribution < -0.4 is 5.73 Å². The normalized spacial score (nSPS) is 19.0. The van der Waals surface area contributed by atoms with E-state index >= 15 is 0 Å². The lowest BCUT2D eigenvalue weighted by atomic mass is 9.78. The lowest BCUT2D eigenvalue weighted by Crippen LogP contribution is -2.37. The van der Waals surface area contributed by atoms with Gasteiger partial charge in [0, 0.05) is 16.4 Å². The summed E-state index contributed by atoms with van der Waals surface area (Å²) in [6, 6.07) is 8.20. The van der Waals surface area contributed by atoms with Gasteiger partial charge in [-0.1, -0.05) is 47.0 Å². The van der Waals surface area contributed by atoms with Gasteiger partial charge in [0.2, 0.25) is 0 Å². The number of halogens is 1. The Morgan fingerprint density at radius 1 is 1.35 bits per heavy atom. The van der Waals surface area contributed by atoms with Gasteiger partial charge in [0.05, 0.1) is 6.61 Å². The highest BCUT2D eigenvalue weighted by atomic mass is 79.9. The molecule has 1 aliphatic rings. The fourth-order valence-corrected chi connectivity index (χ4v) is 2.82. The maximum absolute atomic E-state index is 9.71. The number of aliphatic hydroxyl groups excluding tert-OH is 1. The van der Waals surface area contributed by atoms with Crippen LogP contribution in [-0.4, -0.2) is 18.3 Å². The number of nitrogens with two attached hydrogens (primary N) is 1. The second kappa shape index (κ2) is 5.51. The number of rotatable bonds is 6. The summed E-state index contributed by atoms with van der Waals surface area (Å²) in [5.74, 6) is 0.785. The number of aliphatic hydroxyl groups is 1. The van der Waals surface area contributed by atoms with E-state index in [1.807, 2.05) is 18.2 Å². The van der Waals surface area contributed by atoms with Crippen LogP contribution >= 0.6 is 15.9 Å². The molecular formula is C14H20BrNO. The maximum atomic E-state index is 9.71. The van der Waals surface area contributed by atoms with E-state index < -0.39 is 0 Å². The van der Waals surface area contributed by atoms with E-state index in [-0.39, 0.29) is 12.0 Å². The topological polar surface area (TPSA) is 46.2 Å². The van der Waals surface area contributed by atoms with Crippen molar-refractivity contribution >= 4 is 15.9 Å². The third kappa shape index (κ3) is 3.30. The quantitative estimate of drug-likeness (QED) is 0.848. The first-order valence-electron chi connectivity index (χ1n) is 6.23. The summed E-state index contributed by atoms with van der Waals surface area (Å²) >= 11 is 3.57. The second-order valence-electron chi connectivity index (χ2n) is 5.28. The van der Waals surface area contributed by atoms with Crippen LogP contribution in [-0.2, 0) is 6.42 Å².